The van der Waals surface area contributed by atoms with E-state index in [1.54, 1.807) is 0 Å². The number of H-pyrrole nitrogens is 1. The van der Waals surface area contributed by atoms with Crippen molar-refractivity contribution in [3.63, 3.8) is 0 Å². The second-order valence-electron chi connectivity index (χ2n) is 7.23. The van der Waals surface area contributed by atoms with E-state index in [4.69, 9.17) is 0 Å². The number of carbonyl (C=O) groups excluding carboxylic acids is 1. The first-order valence-electron chi connectivity index (χ1n) is 8.85. The predicted molar refractivity (Wildman–Crippen MR) is 97.3 cm³/mol. The van der Waals surface area contributed by atoms with Gasteiger partial charge < -0.3 is 9.88 Å². The molecule has 0 unspecified atom stereocenters. The molecule has 0 radical (unpaired) electrons. The van der Waals surface area contributed by atoms with Gasteiger partial charge in [0.15, 0.2) is 0 Å². The number of pyridine rings is 1. The fraction of sp³-hybridized carbons (Fsp3) is 0.500. The van der Waals surface area contributed by atoms with Gasteiger partial charge in [0.1, 0.15) is 0 Å². The van der Waals surface area contributed by atoms with Crippen LogP contribution < -0.4 is 5.56 Å². The molecule has 1 N–H and O–H groups in total. The molecule has 1 aromatic heterocycles. The third-order valence-electron chi connectivity index (χ3n) is 5.13. The van der Waals surface area contributed by atoms with Gasteiger partial charge in [-0.2, -0.15) is 0 Å². The van der Waals surface area contributed by atoms with E-state index in [0.717, 1.165) is 48.0 Å². The van der Waals surface area contributed by atoms with Crippen molar-refractivity contribution in [3.8, 4) is 0 Å². The van der Waals surface area contributed by atoms with Crippen molar-refractivity contribution < 1.29 is 4.79 Å². The van der Waals surface area contributed by atoms with Gasteiger partial charge in [0.25, 0.3) is 5.56 Å². The van der Waals surface area contributed by atoms with Gasteiger partial charge in [-0.3, -0.25) is 9.59 Å². The molecule has 128 valence electrons. The van der Waals surface area contributed by atoms with Crippen LogP contribution in [0.3, 0.4) is 0 Å². The molecule has 0 spiro atoms. The number of nitrogens with zero attached hydrogens (tertiary/aromatic N) is 1. The molecule has 0 aliphatic carbocycles. The molecule has 4 nitrogen and oxygen atoms in total. The number of aromatic nitrogens is 1. The van der Waals surface area contributed by atoms with Crippen LogP contribution in [0.5, 0.6) is 0 Å². The quantitative estimate of drug-likeness (QED) is 0.940. The number of aryl methyl sites for hydroxylation is 3. The number of rotatable bonds is 3. The molecule has 1 aliphatic heterocycles. The summed E-state index contributed by atoms with van der Waals surface area (Å²) in [6.07, 6.45) is 3.08. The number of hydrogen-bond donors (Lipinski definition) is 1. The van der Waals surface area contributed by atoms with Crippen LogP contribution >= 0.6 is 0 Å². The van der Waals surface area contributed by atoms with Crippen LogP contribution in [0.15, 0.2) is 23.0 Å². The summed E-state index contributed by atoms with van der Waals surface area (Å²) in [4.78, 5) is 29.6. The van der Waals surface area contributed by atoms with Crippen molar-refractivity contribution in [3.05, 3.63) is 45.2 Å². The summed E-state index contributed by atoms with van der Waals surface area (Å²) in [5.41, 5.74) is 3.79. The number of benzene rings is 1. The molecule has 24 heavy (non-hydrogen) atoms. The highest BCUT2D eigenvalue weighted by Gasteiger charge is 2.20. The van der Waals surface area contributed by atoms with Gasteiger partial charge in [-0.05, 0) is 62.3 Å². The normalized spacial score (nSPS) is 15.9. The summed E-state index contributed by atoms with van der Waals surface area (Å²) in [6.45, 7) is 8.02. The number of hydrogen-bond acceptors (Lipinski definition) is 2. The number of nitrogens with one attached hydrogen (secondary N) is 1. The van der Waals surface area contributed by atoms with Crippen LogP contribution in [-0.4, -0.2) is 28.9 Å². The number of aromatic amines is 1. The van der Waals surface area contributed by atoms with Gasteiger partial charge in [-0.25, -0.2) is 0 Å². The first kappa shape index (κ1) is 16.7. The molecular formula is C20H26N2O2. The molecule has 0 saturated carbocycles. The van der Waals surface area contributed by atoms with Gasteiger partial charge in [0.2, 0.25) is 5.91 Å². The molecule has 1 amide bonds. The molecule has 0 atom stereocenters. The second kappa shape index (κ2) is 6.80. The minimum atomic E-state index is -0.0763. The number of likely N-dealkylation sites (tertiary alicyclic amines) is 1. The maximum atomic E-state index is 12.4. The van der Waals surface area contributed by atoms with Crippen molar-refractivity contribution in [2.24, 2.45) is 5.92 Å². The molecule has 2 heterocycles. The van der Waals surface area contributed by atoms with E-state index in [1.165, 1.54) is 0 Å². The zero-order valence-electron chi connectivity index (χ0n) is 14.8. The Hall–Kier alpha value is -2.10. The Morgan fingerprint density at radius 2 is 1.92 bits per heavy atom. The lowest BCUT2D eigenvalue weighted by molar-refractivity contribution is -0.132. The maximum absolute atomic E-state index is 12.4. The van der Waals surface area contributed by atoms with Crippen LogP contribution in [-0.2, 0) is 11.2 Å². The molecule has 1 aromatic carbocycles. The summed E-state index contributed by atoms with van der Waals surface area (Å²) in [5, 5.41) is 1.06. The highest BCUT2D eigenvalue weighted by molar-refractivity contribution is 5.83. The third-order valence-corrected chi connectivity index (χ3v) is 5.13. The lowest BCUT2D eigenvalue weighted by Crippen LogP contribution is -2.38. The number of piperidine rings is 1. The number of carbonyl (C=O) groups is 1. The summed E-state index contributed by atoms with van der Waals surface area (Å²) in [6, 6.07) is 6.06. The summed E-state index contributed by atoms with van der Waals surface area (Å²) in [5.74, 6) is 0.880. The van der Waals surface area contributed by atoms with E-state index in [9.17, 15) is 9.59 Å². The molecule has 0 bridgehead atoms. The van der Waals surface area contributed by atoms with E-state index < -0.39 is 0 Å². The van der Waals surface area contributed by atoms with Crippen LogP contribution in [0.2, 0.25) is 0 Å². The SMILES string of the molecule is Cc1cc(C)c2cc(CCC(=O)N3CCC(C)CC3)c(=O)[nH]c2c1. The topological polar surface area (TPSA) is 53.2 Å². The Kier molecular flexibility index (Phi) is 4.74. The first-order valence-corrected chi connectivity index (χ1v) is 8.85. The minimum Gasteiger partial charge on any atom is -0.343 e. The Labute approximate surface area is 142 Å². The van der Waals surface area contributed by atoms with Gasteiger partial charge >= 0.3 is 0 Å². The molecule has 1 aliphatic rings. The molecule has 2 aromatic rings. The smallest absolute Gasteiger partial charge is 0.251 e. The molecule has 3 rings (SSSR count). The van der Waals surface area contributed by atoms with Crippen molar-refractivity contribution >= 4 is 16.8 Å². The van der Waals surface area contributed by atoms with Crippen LogP contribution in [0.1, 0.15) is 42.9 Å². The highest BCUT2D eigenvalue weighted by atomic mass is 16.2. The maximum Gasteiger partial charge on any atom is 0.251 e. The Balaban J connectivity index is 1.74. The lowest BCUT2D eigenvalue weighted by Gasteiger charge is -2.30. The lowest BCUT2D eigenvalue weighted by atomic mass is 9.98. The average molecular weight is 326 g/mol. The largest absolute Gasteiger partial charge is 0.343 e. The van der Waals surface area contributed by atoms with Gasteiger partial charge in [0.05, 0.1) is 0 Å². The molecule has 1 saturated heterocycles. The Bertz CT molecular complexity index is 814. The number of amides is 1. The fourth-order valence-electron chi connectivity index (χ4n) is 3.56. The van der Waals surface area contributed by atoms with Crippen LogP contribution in [0.25, 0.3) is 10.9 Å². The van der Waals surface area contributed by atoms with E-state index in [2.05, 4.69) is 24.9 Å². The monoisotopic (exact) mass is 326 g/mol. The van der Waals surface area contributed by atoms with Crippen LogP contribution in [0, 0.1) is 19.8 Å². The second-order valence-corrected chi connectivity index (χ2v) is 7.23. The van der Waals surface area contributed by atoms with E-state index >= 15 is 0 Å². The summed E-state index contributed by atoms with van der Waals surface area (Å²) in [7, 11) is 0. The zero-order chi connectivity index (χ0) is 17.3. The van der Waals surface area contributed by atoms with Crippen molar-refractivity contribution in [2.45, 2.75) is 46.5 Å². The van der Waals surface area contributed by atoms with Crippen molar-refractivity contribution in [2.75, 3.05) is 13.1 Å². The van der Waals surface area contributed by atoms with E-state index in [1.807, 2.05) is 24.0 Å². The Morgan fingerprint density at radius 3 is 2.62 bits per heavy atom. The van der Waals surface area contributed by atoms with Crippen LogP contribution in [0.4, 0.5) is 0 Å². The molecule has 4 heteroatoms. The Morgan fingerprint density at radius 1 is 1.21 bits per heavy atom. The highest BCUT2D eigenvalue weighted by Crippen LogP contribution is 2.20. The first-order chi connectivity index (χ1) is 11.4. The zero-order valence-corrected chi connectivity index (χ0v) is 14.8. The average Bonchev–Trinajstić information content (AvgIpc) is 2.53. The fourth-order valence-corrected chi connectivity index (χ4v) is 3.56. The summed E-state index contributed by atoms with van der Waals surface area (Å²) >= 11 is 0. The van der Waals surface area contributed by atoms with Crippen molar-refractivity contribution in [1.29, 1.82) is 0 Å². The standard InChI is InChI=1S/C20H26N2O2/c1-13-6-8-22(9-7-13)19(23)5-4-16-12-17-15(3)10-14(2)11-18(17)21-20(16)24/h10-13H,4-9H2,1-3H3,(H,21,24). The van der Waals surface area contributed by atoms with Crippen molar-refractivity contribution in [1.82, 2.24) is 9.88 Å². The number of fused-ring (bicyclic) bond motifs is 1. The predicted octanol–water partition coefficient (Wildman–Crippen LogP) is 3.34. The van der Waals surface area contributed by atoms with Gasteiger partial charge in [0, 0.05) is 36.0 Å². The molecular weight excluding hydrogens is 300 g/mol. The summed E-state index contributed by atoms with van der Waals surface area (Å²) < 4.78 is 0. The minimum absolute atomic E-state index is 0.0763. The molecule has 1 fully saturated rings. The van der Waals surface area contributed by atoms with E-state index in [0.29, 0.717) is 24.3 Å². The van der Waals surface area contributed by atoms with E-state index in [-0.39, 0.29) is 11.5 Å². The van der Waals surface area contributed by atoms with Gasteiger partial charge in [-0.1, -0.05) is 13.0 Å². The third kappa shape index (κ3) is 3.53. The van der Waals surface area contributed by atoms with Gasteiger partial charge in [-0.15, -0.1) is 0 Å².